The summed E-state index contributed by atoms with van der Waals surface area (Å²) < 4.78 is 27.8. The molecule has 0 aliphatic heterocycles. The summed E-state index contributed by atoms with van der Waals surface area (Å²) in [5.74, 6) is -2.16. The summed E-state index contributed by atoms with van der Waals surface area (Å²) >= 11 is 1.37. The van der Waals surface area contributed by atoms with Gasteiger partial charge < -0.3 is 9.67 Å². The van der Waals surface area contributed by atoms with E-state index >= 15 is 0 Å². The van der Waals surface area contributed by atoms with E-state index in [0.717, 1.165) is 12.1 Å². The van der Waals surface area contributed by atoms with Crippen LogP contribution in [0.4, 0.5) is 8.78 Å². The van der Waals surface area contributed by atoms with E-state index in [9.17, 15) is 13.6 Å². The van der Waals surface area contributed by atoms with E-state index in [0.29, 0.717) is 16.6 Å². The zero-order valence-corrected chi connectivity index (χ0v) is 13.0. The van der Waals surface area contributed by atoms with Crippen LogP contribution in [0.5, 0.6) is 0 Å². The number of carbonyl (C=O) groups is 1. The van der Waals surface area contributed by atoms with E-state index in [-0.39, 0.29) is 23.9 Å². The molecule has 0 bridgehead atoms. The Bertz CT molecular complexity index is 688. The number of hydrogen-bond donors (Lipinski definition) is 1. The van der Waals surface area contributed by atoms with Gasteiger partial charge in [0.05, 0.1) is 18.5 Å². The molecule has 0 aliphatic rings. The summed E-state index contributed by atoms with van der Waals surface area (Å²) in [6, 6.07) is 3.16. The lowest BCUT2D eigenvalue weighted by atomic mass is 10.0. The molecule has 0 fully saturated rings. The van der Waals surface area contributed by atoms with Crippen molar-refractivity contribution in [3.8, 4) is 0 Å². The molecule has 0 radical (unpaired) electrons. The first-order chi connectivity index (χ1) is 10.4. The number of nitrogens with zero attached hydrogens (tertiary/aromatic N) is 2. The second kappa shape index (κ2) is 7.02. The normalized spacial score (nSPS) is 12.4. The van der Waals surface area contributed by atoms with Gasteiger partial charge in [0.15, 0.2) is 22.6 Å². The first-order valence-electron chi connectivity index (χ1n) is 6.67. The second-order valence-electron chi connectivity index (χ2n) is 4.95. The van der Waals surface area contributed by atoms with E-state index in [1.165, 1.54) is 17.8 Å². The van der Waals surface area contributed by atoms with Gasteiger partial charge in [0.2, 0.25) is 0 Å². The standard InChI is InChI=1S/C15H16F2N2O2S/c1-9(8-22-15-18-6-11(7-20)19(15)2)14(21)10-3-4-12(16)13(17)5-10/h3-6,9,20H,7-8H2,1-2H3. The molecule has 2 rings (SSSR count). The van der Waals surface area contributed by atoms with Gasteiger partial charge >= 0.3 is 0 Å². The van der Waals surface area contributed by atoms with Gasteiger partial charge in [0.1, 0.15) is 0 Å². The van der Waals surface area contributed by atoms with E-state index < -0.39 is 11.6 Å². The summed E-state index contributed by atoms with van der Waals surface area (Å²) in [4.78, 5) is 16.4. The molecule has 0 spiro atoms. The lowest BCUT2D eigenvalue weighted by Gasteiger charge is -2.10. The average Bonchev–Trinajstić information content (AvgIpc) is 2.87. The van der Waals surface area contributed by atoms with Crippen LogP contribution in [0.25, 0.3) is 0 Å². The summed E-state index contributed by atoms with van der Waals surface area (Å²) in [6.45, 7) is 1.62. The Kier molecular flexibility index (Phi) is 5.31. The first-order valence-corrected chi connectivity index (χ1v) is 7.66. The number of aromatic nitrogens is 2. The number of rotatable bonds is 6. The maximum Gasteiger partial charge on any atom is 0.167 e. The maximum atomic E-state index is 13.2. The highest BCUT2D eigenvalue weighted by Gasteiger charge is 2.18. The molecule has 1 unspecified atom stereocenters. The lowest BCUT2D eigenvalue weighted by Crippen LogP contribution is -2.14. The molecule has 118 valence electrons. The Morgan fingerprint density at radius 2 is 2.14 bits per heavy atom. The number of Topliss-reactive ketones (excluding diaryl/α,β-unsaturated/α-hetero) is 1. The van der Waals surface area contributed by atoms with Crippen molar-refractivity contribution >= 4 is 17.5 Å². The summed E-state index contributed by atoms with van der Waals surface area (Å²) in [5, 5.41) is 9.79. The largest absolute Gasteiger partial charge is 0.390 e. The molecule has 0 saturated heterocycles. The molecule has 4 nitrogen and oxygen atoms in total. The fourth-order valence-electron chi connectivity index (χ4n) is 1.92. The molecule has 7 heteroatoms. The monoisotopic (exact) mass is 326 g/mol. The number of aliphatic hydroxyl groups excluding tert-OH is 1. The van der Waals surface area contributed by atoms with Crippen molar-refractivity contribution < 1.29 is 18.7 Å². The van der Waals surface area contributed by atoms with Crippen molar-refractivity contribution in [2.75, 3.05) is 5.75 Å². The number of hydrogen-bond acceptors (Lipinski definition) is 4. The topological polar surface area (TPSA) is 55.1 Å². The maximum absolute atomic E-state index is 13.2. The lowest BCUT2D eigenvalue weighted by molar-refractivity contribution is 0.0941. The quantitative estimate of drug-likeness (QED) is 0.655. The third-order valence-electron chi connectivity index (χ3n) is 3.32. The van der Waals surface area contributed by atoms with Crippen LogP contribution in [0.15, 0.2) is 29.6 Å². The van der Waals surface area contributed by atoms with E-state index in [1.54, 1.807) is 24.7 Å². The zero-order chi connectivity index (χ0) is 16.3. The third kappa shape index (κ3) is 3.53. The average molecular weight is 326 g/mol. The molecule has 0 aliphatic carbocycles. The fourth-order valence-corrected chi connectivity index (χ4v) is 2.90. The highest BCUT2D eigenvalue weighted by molar-refractivity contribution is 7.99. The Morgan fingerprint density at radius 3 is 2.73 bits per heavy atom. The number of imidazole rings is 1. The number of carbonyl (C=O) groups excluding carboxylic acids is 1. The van der Waals surface area contributed by atoms with Gasteiger partial charge in [0.25, 0.3) is 0 Å². The number of thioether (sulfide) groups is 1. The van der Waals surface area contributed by atoms with Gasteiger partial charge in [0, 0.05) is 24.3 Å². The molecule has 1 heterocycles. The van der Waals surface area contributed by atoms with E-state index in [4.69, 9.17) is 5.11 Å². The Labute approximate surface area is 131 Å². The number of ketones is 1. The van der Waals surface area contributed by atoms with Crippen molar-refractivity contribution in [3.05, 3.63) is 47.3 Å². The highest BCUT2D eigenvalue weighted by atomic mass is 32.2. The van der Waals surface area contributed by atoms with E-state index in [1.807, 2.05) is 0 Å². The van der Waals surface area contributed by atoms with Crippen molar-refractivity contribution in [2.24, 2.45) is 13.0 Å². The minimum atomic E-state index is -1.03. The molecule has 0 amide bonds. The molecule has 1 atom stereocenters. The molecule has 1 aromatic heterocycles. The number of aliphatic hydroxyl groups is 1. The summed E-state index contributed by atoms with van der Waals surface area (Å²) in [7, 11) is 1.78. The summed E-state index contributed by atoms with van der Waals surface area (Å²) in [6.07, 6.45) is 1.57. The minimum absolute atomic E-state index is 0.104. The van der Waals surface area contributed by atoms with Crippen LogP contribution < -0.4 is 0 Å². The third-order valence-corrected chi connectivity index (χ3v) is 4.62. The van der Waals surface area contributed by atoms with Crippen molar-refractivity contribution in [2.45, 2.75) is 18.7 Å². The Hall–Kier alpha value is -1.73. The Balaban J connectivity index is 2.02. The predicted molar refractivity (Wildman–Crippen MR) is 79.7 cm³/mol. The Morgan fingerprint density at radius 1 is 1.41 bits per heavy atom. The molecular formula is C15H16F2N2O2S. The van der Waals surface area contributed by atoms with Gasteiger partial charge in [-0.05, 0) is 18.2 Å². The van der Waals surface area contributed by atoms with Crippen LogP contribution in [0.2, 0.25) is 0 Å². The molecular weight excluding hydrogens is 310 g/mol. The fraction of sp³-hybridized carbons (Fsp3) is 0.333. The van der Waals surface area contributed by atoms with Crippen LogP contribution in [0.3, 0.4) is 0 Å². The van der Waals surface area contributed by atoms with Crippen LogP contribution in [-0.2, 0) is 13.7 Å². The summed E-state index contributed by atoms with van der Waals surface area (Å²) in [5.41, 5.74) is 0.838. The second-order valence-corrected chi connectivity index (χ2v) is 5.94. The van der Waals surface area contributed by atoms with Gasteiger partial charge in [-0.2, -0.15) is 0 Å². The van der Waals surface area contributed by atoms with E-state index in [2.05, 4.69) is 4.98 Å². The zero-order valence-electron chi connectivity index (χ0n) is 12.2. The SMILES string of the molecule is CC(CSc1ncc(CO)n1C)C(=O)c1ccc(F)c(F)c1. The smallest absolute Gasteiger partial charge is 0.167 e. The molecule has 1 aromatic carbocycles. The van der Waals surface area contributed by atoms with Crippen LogP contribution in [0, 0.1) is 17.6 Å². The van der Waals surface area contributed by atoms with Crippen molar-refractivity contribution in [3.63, 3.8) is 0 Å². The van der Waals surface area contributed by atoms with Crippen LogP contribution in [-0.4, -0.2) is 26.2 Å². The molecule has 1 N–H and O–H groups in total. The minimum Gasteiger partial charge on any atom is -0.390 e. The molecule has 0 saturated carbocycles. The van der Waals surface area contributed by atoms with Gasteiger partial charge in [-0.15, -0.1) is 0 Å². The van der Waals surface area contributed by atoms with Gasteiger partial charge in [-0.3, -0.25) is 4.79 Å². The van der Waals surface area contributed by atoms with Gasteiger partial charge in [-0.1, -0.05) is 18.7 Å². The number of benzene rings is 1. The van der Waals surface area contributed by atoms with Crippen LogP contribution in [0.1, 0.15) is 23.0 Å². The predicted octanol–water partition coefficient (Wildman–Crippen LogP) is 2.80. The number of halogens is 2. The van der Waals surface area contributed by atoms with Crippen molar-refractivity contribution in [1.82, 2.24) is 9.55 Å². The molecule has 2 aromatic rings. The van der Waals surface area contributed by atoms with Gasteiger partial charge in [-0.25, -0.2) is 13.8 Å². The molecule has 22 heavy (non-hydrogen) atoms. The van der Waals surface area contributed by atoms with Crippen LogP contribution >= 0.6 is 11.8 Å². The van der Waals surface area contributed by atoms with Crippen molar-refractivity contribution in [1.29, 1.82) is 0 Å². The highest BCUT2D eigenvalue weighted by Crippen LogP contribution is 2.22. The first kappa shape index (κ1) is 16.6.